The Morgan fingerprint density at radius 1 is 1.00 bits per heavy atom. The summed E-state index contributed by atoms with van der Waals surface area (Å²) in [6.07, 6.45) is 1.76. The molecule has 1 N–H and O–H groups in total. The molecule has 0 spiro atoms. The third-order valence-corrected chi connectivity index (χ3v) is 3.81. The van der Waals surface area contributed by atoms with Crippen molar-refractivity contribution in [1.29, 1.82) is 0 Å². The average Bonchev–Trinajstić information content (AvgIpc) is 3.11. The van der Waals surface area contributed by atoms with Gasteiger partial charge in [0.2, 0.25) is 0 Å². The molecule has 0 unspecified atom stereocenters. The molecule has 1 amide bonds. The molecule has 0 saturated heterocycles. The van der Waals surface area contributed by atoms with Crippen molar-refractivity contribution < 1.29 is 19.0 Å². The van der Waals surface area contributed by atoms with Gasteiger partial charge in [-0.3, -0.25) is 9.48 Å². The minimum Gasteiger partial charge on any atom is -0.490 e. The minimum atomic E-state index is -0.265. The first-order valence-electron chi connectivity index (χ1n) is 9.04. The van der Waals surface area contributed by atoms with Crippen molar-refractivity contribution in [2.24, 2.45) is 7.05 Å². The molecule has 0 bridgehead atoms. The number of carbonyl (C=O) groups excluding carboxylic acids is 1. The molecule has 28 heavy (non-hydrogen) atoms. The van der Waals surface area contributed by atoms with Crippen LogP contribution in [0.3, 0.4) is 0 Å². The van der Waals surface area contributed by atoms with Crippen molar-refractivity contribution in [2.45, 2.75) is 6.92 Å². The van der Waals surface area contributed by atoms with Crippen LogP contribution in [-0.2, 0) is 7.05 Å². The lowest BCUT2D eigenvalue weighted by atomic mass is 10.2. The van der Waals surface area contributed by atoms with Gasteiger partial charge in [0.1, 0.15) is 19.0 Å². The van der Waals surface area contributed by atoms with E-state index in [1.54, 1.807) is 42.2 Å². The van der Waals surface area contributed by atoms with Crippen molar-refractivity contribution in [2.75, 3.05) is 25.1 Å². The Hall–Kier alpha value is -3.48. The largest absolute Gasteiger partial charge is 0.490 e. The number of anilines is 1. The van der Waals surface area contributed by atoms with Gasteiger partial charge in [-0.15, -0.1) is 0 Å². The van der Waals surface area contributed by atoms with Gasteiger partial charge in [0.25, 0.3) is 5.91 Å². The fraction of sp³-hybridized carbons (Fsp3) is 0.238. The molecule has 1 heterocycles. The highest BCUT2D eigenvalue weighted by molar-refractivity contribution is 6.04. The molecule has 0 aliphatic carbocycles. The fourth-order valence-electron chi connectivity index (χ4n) is 2.53. The number of hydrogen-bond donors (Lipinski definition) is 1. The van der Waals surface area contributed by atoms with Crippen LogP contribution < -0.4 is 19.5 Å². The van der Waals surface area contributed by atoms with E-state index >= 15 is 0 Å². The number of ether oxygens (including phenoxy) is 3. The number of nitrogens with zero attached hydrogens (tertiary/aromatic N) is 2. The molecule has 0 atom stereocenters. The number of amides is 1. The Kier molecular flexibility index (Phi) is 6.51. The van der Waals surface area contributed by atoms with Crippen LogP contribution in [0, 0.1) is 0 Å². The first kappa shape index (κ1) is 19.3. The number of hydrogen-bond acceptors (Lipinski definition) is 5. The molecule has 7 heteroatoms. The lowest BCUT2D eigenvalue weighted by Gasteiger charge is -2.13. The van der Waals surface area contributed by atoms with Crippen molar-refractivity contribution in [3.05, 3.63) is 66.4 Å². The number of carbonyl (C=O) groups is 1. The number of rotatable bonds is 9. The Bertz CT molecular complexity index is 909. The number of aryl methyl sites for hydroxylation is 1. The summed E-state index contributed by atoms with van der Waals surface area (Å²) in [6, 6.07) is 16.3. The maximum atomic E-state index is 12.4. The highest BCUT2D eigenvalue weighted by atomic mass is 16.5. The van der Waals surface area contributed by atoms with Crippen LogP contribution in [0.1, 0.15) is 17.3 Å². The van der Waals surface area contributed by atoms with Gasteiger partial charge in [0.15, 0.2) is 17.3 Å². The summed E-state index contributed by atoms with van der Waals surface area (Å²) in [5, 5.41) is 6.89. The molecular formula is C21H23N3O4. The van der Waals surface area contributed by atoms with Gasteiger partial charge >= 0.3 is 0 Å². The first-order valence-corrected chi connectivity index (χ1v) is 9.04. The van der Waals surface area contributed by atoms with Crippen LogP contribution in [0.15, 0.2) is 60.8 Å². The summed E-state index contributed by atoms with van der Waals surface area (Å²) in [5.74, 6) is 2.09. The molecule has 3 rings (SSSR count). The number of nitrogens with one attached hydrogen (secondary N) is 1. The van der Waals surface area contributed by atoms with E-state index in [4.69, 9.17) is 14.2 Å². The molecule has 0 aliphatic heterocycles. The monoisotopic (exact) mass is 381 g/mol. The van der Waals surface area contributed by atoms with Gasteiger partial charge in [-0.25, -0.2) is 0 Å². The molecule has 146 valence electrons. The molecule has 0 aliphatic rings. The van der Waals surface area contributed by atoms with Crippen LogP contribution in [0.5, 0.6) is 17.2 Å². The van der Waals surface area contributed by atoms with Crippen molar-refractivity contribution in [3.8, 4) is 17.2 Å². The summed E-state index contributed by atoms with van der Waals surface area (Å²) >= 11 is 0. The lowest BCUT2D eigenvalue weighted by molar-refractivity contribution is 0.102. The topological polar surface area (TPSA) is 74.6 Å². The molecule has 2 aromatic carbocycles. The average molecular weight is 381 g/mol. The van der Waals surface area contributed by atoms with Crippen molar-refractivity contribution in [3.63, 3.8) is 0 Å². The standard InChI is InChI=1S/C21H23N3O4/c1-3-26-19-15-16(21(25)22-20-11-12-24(2)23-20)9-10-18(19)28-14-13-27-17-7-5-4-6-8-17/h4-12,15H,3,13-14H2,1-2H3,(H,22,23,25). The van der Waals surface area contributed by atoms with E-state index in [0.29, 0.717) is 42.7 Å². The molecule has 1 aromatic heterocycles. The molecule has 0 saturated carbocycles. The highest BCUT2D eigenvalue weighted by Crippen LogP contribution is 2.29. The maximum absolute atomic E-state index is 12.4. The fourth-order valence-corrected chi connectivity index (χ4v) is 2.53. The molecule has 3 aromatic rings. The number of para-hydroxylation sites is 1. The van der Waals surface area contributed by atoms with E-state index in [1.165, 1.54) is 0 Å². The third-order valence-electron chi connectivity index (χ3n) is 3.81. The van der Waals surface area contributed by atoms with Gasteiger partial charge in [-0.1, -0.05) is 18.2 Å². The summed E-state index contributed by atoms with van der Waals surface area (Å²) in [4.78, 5) is 12.4. The molecular weight excluding hydrogens is 358 g/mol. The Labute approximate surface area is 163 Å². The zero-order valence-corrected chi connectivity index (χ0v) is 15.9. The SMILES string of the molecule is CCOc1cc(C(=O)Nc2ccn(C)n2)ccc1OCCOc1ccccc1. The van der Waals surface area contributed by atoms with Crippen LogP contribution in [-0.4, -0.2) is 35.5 Å². The van der Waals surface area contributed by atoms with Gasteiger partial charge in [-0.05, 0) is 37.3 Å². The molecule has 0 radical (unpaired) electrons. The molecule has 7 nitrogen and oxygen atoms in total. The molecule has 0 fully saturated rings. The second-order valence-corrected chi connectivity index (χ2v) is 5.93. The van der Waals surface area contributed by atoms with Gasteiger partial charge < -0.3 is 19.5 Å². The van der Waals surface area contributed by atoms with E-state index in [1.807, 2.05) is 37.3 Å². The number of benzene rings is 2. The predicted molar refractivity (Wildman–Crippen MR) is 106 cm³/mol. The summed E-state index contributed by atoms with van der Waals surface area (Å²) < 4.78 is 18.6. The van der Waals surface area contributed by atoms with Crippen LogP contribution in [0.4, 0.5) is 5.82 Å². The van der Waals surface area contributed by atoms with Crippen molar-refractivity contribution >= 4 is 11.7 Å². The zero-order chi connectivity index (χ0) is 19.8. The van der Waals surface area contributed by atoms with Crippen LogP contribution in [0.25, 0.3) is 0 Å². The van der Waals surface area contributed by atoms with E-state index in [9.17, 15) is 4.79 Å². The predicted octanol–water partition coefficient (Wildman–Crippen LogP) is 3.53. The first-order chi connectivity index (χ1) is 13.7. The van der Waals surface area contributed by atoms with Gasteiger partial charge in [0.05, 0.1) is 6.61 Å². The normalized spacial score (nSPS) is 10.4. The smallest absolute Gasteiger partial charge is 0.257 e. The minimum absolute atomic E-state index is 0.265. The highest BCUT2D eigenvalue weighted by Gasteiger charge is 2.13. The summed E-state index contributed by atoms with van der Waals surface area (Å²) in [7, 11) is 1.79. The zero-order valence-electron chi connectivity index (χ0n) is 15.9. The van der Waals surface area contributed by atoms with Crippen LogP contribution in [0.2, 0.25) is 0 Å². The second-order valence-electron chi connectivity index (χ2n) is 5.93. The maximum Gasteiger partial charge on any atom is 0.257 e. The lowest BCUT2D eigenvalue weighted by Crippen LogP contribution is -2.14. The Balaban J connectivity index is 1.60. The number of aromatic nitrogens is 2. The van der Waals surface area contributed by atoms with E-state index in [-0.39, 0.29) is 5.91 Å². The van der Waals surface area contributed by atoms with Crippen molar-refractivity contribution in [1.82, 2.24) is 9.78 Å². The summed E-state index contributed by atoms with van der Waals surface area (Å²) in [6.45, 7) is 3.09. The Morgan fingerprint density at radius 3 is 2.50 bits per heavy atom. The third kappa shape index (κ3) is 5.26. The van der Waals surface area contributed by atoms with Crippen LogP contribution >= 0.6 is 0 Å². The quantitative estimate of drug-likeness (QED) is 0.574. The van der Waals surface area contributed by atoms with E-state index < -0.39 is 0 Å². The van der Waals surface area contributed by atoms with E-state index in [2.05, 4.69) is 10.4 Å². The van der Waals surface area contributed by atoms with E-state index in [0.717, 1.165) is 5.75 Å². The Morgan fingerprint density at radius 2 is 1.79 bits per heavy atom. The van der Waals surface area contributed by atoms with Gasteiger partial charge in [-0.2, -0.15) is 5.10 Å². The second kappa shape index (κ2) is 9.45. The van der Waals surface area contributed by atoms with Gasteiger partial charge in [0, 0.05) is 24.9 Å². The summed E-state index contributed by atoms with van der Waals surface area (Å²) in [5.41, 5.74) is 0.460.